The molecule has 0 fully saturated rings. The summed E-state index contributed by atoms with van der Waals surface area (Å²) >= 11 is 0. The summed E-state index contributed by atoms with van der Waals surface area (Å²) in [6.07, 6.45) is 0.119. The van der Waals surface area contributed by atoms with Crippen molar-refractivity contribution in [2.75, 3.05) is 0 Å². The Kier molecular flexibility index (Phi) is 4.14. The first kappa shape index (κ1) is 13.8. The molecule has 0 spiro atoms. The molecule has 6 heteroatoms. The minimum absolute atomic E-state index is 0.00390. The van der Waals surface area contributed by atoms with Gasteiger partial charge in [-0.05, 0) is 12.0 Å². The molecular weight excluding hydrogens is 260 g/mol. The lowest BCUT2D eigenvalue weighted by atomic mass is 10.1. The van der Waals surface area contributed by atoms with Crippen LogP contribution >= 0.6 is 0 Å². The molecule has 0 radical (unpaired) electrons. The number of aromatic amines is 1. The van der Waals surface area contributed by atoms with E-state index in [2.05, 4.69) is 9.97 Å². The Morgan fingerprint density at radius 1 is 1.25 bits per heavy atom. The average Bonchev–Trinajstić information content (AvgIpc) is 2.38. The summed E-state index contributed by atoms with van der Waals surface area (Å²) in [5.41, 5.74) is 0.460. The van der Waals surface area contributed by atoms with E-state index >= 15 is 0 Å². The van der Waals surface area contributed by atoms with Crippen molar-refractivity contribution in [3.8, 4) is 5.88 Å². The average molecular weight is 274 g/mol. The first-order chi connectivity index (χ1) is 9.56. The van der Waals surface area contributed by atoms with Gasteiger partial charge >= 0.3 is 5.97 Å². The van der Waals surface area contributed by atoms with Gasteiger partial charge in [0.05, 0.1) is 5.56 Å². The van der Waals surface area contributed by atoms with Crippen molar-refractivity contribution in [3.05, 3.63) is 57.6 Å². The maximum absolute atomic E-state index is 11.8. The fourth-order valence-electron chi connectivity index (χ4n) is 1.86. The zero-order valence-electron chi connectivity index (χ0n) is 10.7. The van der Waals surface area contributed by atoms with Crippen molar-refractivity contribution in [2.45, 2.75) is 19.3 Å². The molecular formula is C14H14N2O4. The van der Waals surface area contributed by atoms with E-state index in [1.165, 1.54) is 0 Å². The van der Waals surface area contributed by atoms with Gasteiger partial charge in [-0.2, -0.15) is 4.98 Å². The molecule has 0 aliphatic heterocycles. The fraction of sp³-hybridized carbons (Fsp3) is 0.214. The molecule has 1 aromatic heterocycles. The lowest BCUT2D eigenvalue weighted by Gasteiger charge is -2.05. The predicted octanol–water partition coefficient (Wildman–Crippen LogP) is 1.08. The zero-order valence-corrected chi connectivity index (χ0v) is 10.7. The van der Waals surface area contributed by atoms with Crippen LogP contribution in [0.15, 0.2) is 35.1 Å². The van der Waals surface area contributed by atoms with E-state index in [1.54, 1.807) is 0 Å². The monoisotopic (exact) mass is 274 g/mol. The van der Waals surface area contributed by atoms with Crippen molar-refractivity contribution in [1.82, 2.24) is 9.97 Å². The molecule has 3 N–H and O–H groups in total. The highest BCUT2D eigenvalue weighted by atomic mass is 16.4. The minimum Gasteiger partial charge on any atom is -0.493 e. The van der Waals surface area contributed by atoms with Gasteiger partial charge in [0.2, 0.25) is 5.88 Å². The molecule has 0 bridgehead atoms. The molecule has 0 saturated carbocycles. The van der Waals surface area contributed by atoms with Crippen LogP contribution in [0.3, 0.4) is 0 Å². The standard InChI is InChI=1S/C14H14N2O4/c17-12(18)7-6-10-13(19)15-11(16-14(10)20)8-9-4-2-1-3-5-9/h1-5H,6-8H2,(H,17,18)(H2,15,16,19,20). The van der Waals surface area contributed by atoms with Crippen LogP contribution in [-0.4, -0.2) is 26.2 Å². The Hall–Kier alpha value is -2.63. The van der Waals surface area contributed by atoms with E-state index in [-0.39, 0.29) is 18.4 Å². The quantitative estimate of drug-likeness (QED) is 0.757. The lowest BCUT2D eigenvalue weighted by Crippen LogP contribution is -2.18. The number of aromatic nitrogens is 2. The van der Waals surface area contributed by atoms with Gasteiger partial charge in [-0.15, -0.1) is 0 Å². The van der Waals surface area contributed by atoms with Gasteiger partial charge in [0, 0.05) is 12.8 Å². The number of benzene rings is 1. The number of carboxylic acid groups (broad SMARTS) is 1. The summed E-state index contributed by atoms with van der Waals surface area (Å²) in [6, 6.07) is 9.39. The van der Waals surface area contributed by atoms with E-state index in [9.17, 15) is 14.7 Å². The van der Waals surface area contributed by atoms with Crippen molar-refractivity contribution in [2.24, 2.45) is 0 Å². The highest BCUT2D eigenvalue weighted by molar-refractivity contribution is 5.67. The molecule has 0 aliphatic carbocycles. The first-order valence-electron chi connectivity index (χ1n) is 6.13. The Labute approximate surface area is 114 Å². The van der Waals surface area contributed by atoms with Crippen LogP contribution in [0.1, 0.15) is 23.4 Å². The van der Waals surface area contributed by atoms with E-state index in [0.29, 0.717) is 12.2 Å². The predicted molar refractivity (Wildman–Crippen MR) is 71.7 cm³/mol. The molecule has 0 saturated heterocycles. The Bertz CT molecular complexity index is 665. The number of aromatic hydroxyl groups is 1. The summed E-state index contributed by atoms with van der Waals surface area (Å²) in [6.45, 7) is 0. The van der Waals surface area contributed by atoms with Gasteiger partial charge in [0.1, 0.15) is 5.82 Å². The zero-order chi connectivity index (χ0) is 14.5. The molecule has 6 nitrogen and oxygen atoms in total. The van der Waals surface area contributed by atoms with Gasteiger partial charge in [-0.3, -0.25) is 9.59 Å². The van der Waals surface area contributed by atoms with E-state index in [1.807, 2.05) is 30.3 Å². The number of hydrogen-bond donors (Lipinski definition) is 3. The van der Waals surface area contributed by atoms with Crippen LogP contribution in [0.25, 0.3) is 0 Å². The van der Waals surface area contributed by atoms with Crippen LogP contribution in [0.2, 0.25) is 0 Å². The van der Waals surface area contributed by atoms with Gasteiger partial charge in [-0.1, -0.05) is 30.3 Å². The molecule has 0 atom stereocenters. The van der Waals surface area contributed by atoms with Crippen LogP contribution < -0.4 is 5.56 Å². The second kappa shape index (κ2) is 6.01. The highest BCUT2D eigenvalue weighted by Crippen LogP contribution is 2.12. The molecule has 20 heavy (non-hydrogen) atoms. The topological polar surface area (TPSA) is 103 Å². The van der Waals surface area contributed by atoms with E-state index in [4.69, 9.17) is 5.11 Å². The van der Waals surface area contributed by atoms with Gasteiger partial charge in [0.15, 0.2) is 0 Å². The molecule has 2 rings (SSSR count). The Balaban J connectivity index is 2.22. The summed E-state index contributed by atoms with van der Waals surface area (Å²) in [7, 11) is 0. The number of H-pyrrole nitrogens is 1. The van der Waals surface area contributed by atoms with Gasteiger partial charge in [-0.25, -0.2) is 0 Å². The number of nitrogens with one attached hydrogen (secondary N) is 1. The largest absolute Gasteiger partial charge is 0.493 e. The summed E-state index contributed by atoms with van der Waals surface area (Å²) in [4.78, 5) is 28.8. The molecule has 1 heterocycles. The van der Waals surface area contributed by atoms with E-state index in [0.717, 1.165) is 5.56 Å². The maximum atomic E-state index is 11.8. The minimum atomic E-state index is -1.03. The molecule has 2 aromatic rings. The van der Waals surface area contributed by atoms with Crippen LogP contribution in [0.4, 0.5) is 0 Å². The normalized spacial score (nSPS) is 10.4. The van der Waals surface area contributed by atoms with Crippen molar-refractivity contribution >= 4 is 5.97 Å². The summed E-state index contributed by atoms with van der Waals surface area (Å²) in [5, 5.41) is 18.3. The number of carboxylic acids is 1. The highest BCUT2D eigenvalue weighted by Gasteiger charge is 2.12. The third-order valence-corrected chi connectivity index (χ3v) is 2.85. The van der Waals surface area contributed by atoms with Gasteiger partial charge < -0.3 is 15.2 Å². The first-order valence-corrected chi connectivity index (χ1v) is 6.13. The third-order valence-electron chi connectivity index (χ3n) is 2.85. The van der Waals surface area contributed by atoms with Crippen LogP contribution in [0, 0.1) is 0 Å². The summed E-state index contributed by atoms with van der Waals surface area (Å²) in [5.74, 6) is -1.09. The number of rotatable bonds is 5. The Morgan fingerprint density at radius 2 is 1.95 bits per heavy atom. The summed E-state index contributed by atoms with van der Waals surface area (Å²) < 4.78 is 0. The van der Waals surface area contributed by atoms with Crippen LogP contribution in [-0.2, 0) is 17.6 Å². The number of carbonyl (C=O) groups is 1. The molecule has 1 aromatic carbocycles. The van der Waals surface area contributed by atoms with Crippen molar-refractivity contribution in [1.29, 1.82) is 0 Å². The Morgan fingerprint density at radius 3 is 2.55 bits per heavy atom. The molecule has 0 amide bonds. The van der Waals surface area contributed by atoms with Crippen molar-refractivity contribution < 1.29 is 15.0 Å². The number of hydrogen-bond acceptors (Lipinski definition) is 4. The third kappa shape index (κ3) is 3.44. The number of aliphatic carboxylic acids is 1. The number of nitrogens with zero attached hydrogens (tertiary/aromatic N) is 1. The van der Waals surface area contributed by atoms with Gasteiger partial charge in [0.25, 0.3) is 5.56 Å². The molecule has 0 unspecified atom stereocenters. The lowest BCUT2D eigenvalue weighted by molar-refractivity contribution is -0.136. The van der Waals surface area contributed by atoms with Crippen LogP contribution in [0.5, 0.6) is 5.88 Å². The smallest absolute Gasteiger partial charge is 0.303 e. The maximum Gasteiger partial charge on any atom is 0.303 e. The second-order valence-corrected chi connectivity index (χ2v) is 4.37. The SMILES string of the molecule is O=C(O)CCc1c(O)nc(Cc2ccccc2)[nH]c1=O. The molecule has 0 aliphatic rings. The molecule has 104 valence electrons. The van der Waals surface area contributed by atoms with E-state index < -0.39 is 17.4 Å². The second-order valence-electron chi connectivity index (χ2n) is 4.37. The fourth-order valence-corrected chi connectivity index (χ4v) is 1.86. The van der Waals surface area contributed by atoms with Crippen molar-refractivity contribution in [3.63, 3.8) is 0 Å².